The van der Waals surface area contributed by atoms with Crippen LogP contribution in [0.2, 0.25) is 0 Å². The molecule has 1 aromatic rings. The van der Waals surface area contributed by atoms with Crippen molar-refractivity contribution in [1.82, 2.24) is 5.32 Å². The molecule has 1 saturated carbocycles. The van der Waals surface area contributed by atoms with E-state index in [1.165, 1.54) is 24.1 Å². The van der Waals surface area contributed by atoms with Crippen LogP contribution in [0, 0.1) is 5.92 Å². The van der Waals surface area contributed by atoms with Crippen LogP contribution in [0.3, 0.4) is 0 Å². The lowest BCUT2D eigenvalue weighted by molar-refractivity contribution is 0.357. The highest BCUT2D eigenvalue weighted by molar-refractivity contribution is 5.42. The molecule has 2 aliphatic rings. The molecule has 1 aliphatic carbocycles. The molecule has 0 aromatic heterocycles. The van der Waals surface area contributed by atoms with Crippen molar-refractivity contribution in [2.45, 2.75) is 25.7 Å². The Morgan fingerprint density at radius 1 is 1.44 bits per heavy atom. The molecular weight excluding hydrogens is 198 g/mol. The molecule has 3 rings (SSSR count). The molecule has 1 N–H and O–H groups in total. The molecule has 1 heterocycles. The lowest BCUT2D eigenvalue weighted by atomic mass is 10.0. The lowest BCUT2D eigenvalue weighted by Gasteiger charge is -2.04. The first-order valence-corrected chi connectivity index (χ1v) is 6.35. The quantitative estimate of drug-likeness (QED) is 0.835. The molecule has 2 nitrogen and oxygen atoms in total. The van der Waals surface area contributed by atoms with E-state index in [1.54, 1.807) is 0 Å². The van der Waals surface area contributed by atoms with Crippen molar-refractivity contribution in [2.75, 3.05) is 19.7 Å². The molecule has 2 unspecified atom stereocenters. The minimum Gasteiger partial charge on any atom is -0.493 e. The molecule has 2 heteroatoms. The number of hydrogen-bond donors (Lipinski definition) is 1. The summed E-state index contributed by atoms with van der Waals surface area (Å²) in [5, 5.41) is 3.44. The van der Waals surface area contributed by atoms with Crippen LogP contribution in [0.4, 0.5) is 0 Å². The largest absolute Gasteiger partial charge is 0.493 e. The lowest BCUT2D eigenvalue weighted by Crippen LogP contribution is -2.16. The van der Waals surface area contributed by atoms with Crippen molar-refractivity contribution in [1.29, 1.82) is 0 Å². The molecule has 0 saturated heterocycles. The molecule has 1 fully saturated rings. The second kappa shape index (κ2) is 4.10. The minimum absolute atomic E-state index is 0.796. The van der Waals surface area contributed by atoms with Crippen LogP contribution in [0.25, 0.3) is 0 Å². The third-order valence-corrected chi connectivity index (χ3v) is 3.72. The van der Waals surface area contributed by atoms with Gasteiger partial charge in [0, 0.05) is 6.42 Å². The van der Waals surface area contributed by atoms with E-state index in [0.29, 0.717) is 0 Å². The second-order valence-electron chi connectivity index (χ2n) is 4.88. The molecule has 0 radical (unpaired) electrons. The summed E-state index contributed by atoms with van der Waals surface area (Å²) in [6, 6.07) is 6.76. The Kier molecular flexibility index (Phi) is 2.60. The normalized spacial score (nSPS) is 26.3. The van der Waals surface area contributed by atoms with E-state index in [-0.39, 0.29) is 0 Å². The standard InChI is InChI=1S/C14H19NO/c1-2-15-9-12-8-13(12)10-3-4-14-11(7-10)5-6-16-14/h3-4,7,12-13,15H,2,5-6,8-9H2,1H3. The topological polar surface area (TPSA) is 21.3 Å². The summed E-state index contributed by atoms with van der Waals surface area (Å²) in [5.74, 6) is 2.76. The summed E-state index contributed by atoms with van der Waals surface area (Å²) in [4.78, 5) is 0. The van der Waals surface area contributed by atoms with Gasteiger partial charge in [-0.3, -0.25) is 0 Å². The van der Waals surface area contributed by atoms with Gasteiger partial charge in [-0.2, -0.15) is 0 Å². The van der Waals surface area contributed by atoms with E-state index in [4.69, 9.17) is 4.74 Å². The first kappa shape index (κ1) is 10.2. The van der Waals surface area contributed by atoms with Crippen molar-refractivity contribution in [2.24, 2.45) is 5.92 Å². The maximum Gasteiger partial charge on any atom is 0.122 e. The van der Waals surface area contributed by atoms with Gasteiger partial charge in [-0.15, -0.1) is 0 Å². The molecular formula is C14H19NO. The highest BCUT2D eigenvalue weighted by Gasteiger charge is 2.37. The second-order valence-corrected chi connectivity index (χ2v) is 4.88. The number of benzene rings is 1. The van der Waals surface area contributed by atoms with Gasteiger partial charge in [0.15, 0.2) is 0 Å². The van der Waals surface area contributed by atoms with Crippen molar-refractivity contribution < 1.29 is 4.74 Å². The van der Waals surface area contributed by atoms with Crippen molar-refractivity contribution in [3.05, 3.63) is 29.3 Å². The minimum atomic E-state index is 0.796. The predicted octanol–water partition coefficient (Wildman–Crippen LogP) is 2.33. The summed E-state index contributed by atoms with van der Waals surface area (Å²) >= 11 is 0. The number of ether oxygens (including phenoxy) is 1. The Labute approximate surface area is 97.0 Å². The Morgan fingerprint density at radius 3 is 3.25 bits per heavy atom. The zero-order chi connectivity index (χ0) is 11.0. The molecule has 1 aromatic carbocycles. The first-order valence-electron chi connectivity index (χ1n) is 6.35. The van der Waals surface area contributed by atoms with E-state index < -0.39 is 0 Å². The Balaban J connectivity index is 1.68. The summed E-state index contributed by atoms with van der Waals surface area (Å²) in [5.41, 5.74) is 2.93. The van der Waals surface area contributed by atoms with Gasteiger partial charge in [0.25, 0.3) is 0 Å². The van der Waals surface area contributed by atoms with E-state index >= 15 is 0 Å². The van der Waals surface area contributed by atoms with E-state index in [0.717, 1.165) is 37.2 Å². The maximum atomic E-state index is 5.53. The molecule has 16 heavy (non-hydrogen) atoms. The van der Waals surface area contributed by atoms with Gasteiger partial charge in [-0.25, -0.2) is 0 Å². The molecule has 86 valence electrons. The van der Waals surface area contributed by atoms with Crippen LogP contribution in [-0.4, -0.2) is 19.7 Å². The van der Waals surface area contributed by atoms with E-state index in [2.05, 4.69) is 30.4 Å². The smallest absolute Gasteiger partial charge is 0.122 e. The van der Waals surface area contributed by atoms with Gasteiger partial charge in [0.2, 0.25) is 0 Å². The molecule has 0 amide bonds. The van der Waals surface area contributed by atoms with Crippen molar-refractivity contribution >= 4 is 0 Å². The third kappa shape index (κ3) is 1.82. The van der Waals surface area contributed by atoms with E-state index in [1.807, 2.05) is 0 Å². The summed E-state index contributed by atoms with van der Waals surface area (Å²) in [7, 11) is 0. The van der Waals surface area contributed by atoms with Crippen LogP contribution in [-0.2, 0) is 6.42 Å². The summed E-state index contributed by atoms with van der Waals surface area (Å²) in [6.45, 7) is 5.30. The SMILES string of the molecule is CCNCC1CC1c1ccc2c(c1)CCO2. The number of rotatable bonds is 4. The molecule has 0 bridgehead atoms. The highest BCUT2D eigenvalue weighted by Crippen LogP contribution is 2.48. The maximum absolute atomic E-state index is 5.53. The molecule has 0 spiro atoms. The number of hydrogen-bond acceptors (Lipinski definition) is 2. The van der Waals surface area contributed by atoms with Gasteiger partial charge >= 0.3 is 0 Å². The van der Waals surface area contributed by atoms with Gasteiger partial charge in [0.1, 0.15) is 5.75 Å². The molecule has 2 atom stereocenters. The van der Waals surface area contributed by atoms with Gasteiger partial charge in [0.05, 0.1) is 6.61 Å². The van der Waals surface area contributed by atoms with Gasteiger partial charge < -0.3 is 10.1 Å². The Bertz CT molecular complexity index is 388. The van der Waals surface area contributed by atoms with Crippen molar-refractivity contribution in [3.63, 3.8) is 0 Å². The average Bonchev–Trinajstić information content (AvgIpc) is 2.93. The fourth-order valence-corrected chi connectivity index (χ4v) is 2.65. The summed E-state index contributed by atoms with van der Waals surface area (Å²) in [6.07, 6.45) is 2.44. The Morgan fingerprint density at radius 2 is 2.38 bits per heavy atom. The Hall–Kier alpha value is -1.02. The van der Waals surface area contributed by atoms with Crippen LogP contribution in [0.5, 0.6) is 5.75 Å². The van der Waals surface area contributed by atoms with Crippen molar-refractivity contribution in [3.8, 4) is 5.75 Å². The fraction of sp³-hybridized carbons (Fsp3) is 0.571. The van der Waals surface area contributed by atoms with Gasteiger partial charge in [-0.1, -0.05) is 19.1 Å². The first-order chi connectivity index (χ1) is 7.88. The zero-order valence-corrected chi connectivity index (χ0v) is 9.83. The third-order valence-electron chi connectivity index (χ3n) is 3.72. The summed E-state index contributed by atoms with van der Waals surface area (Å²) < 4.78 is 5.53. The number of nitrogens with one attached hydrogen (secondary N) is 1. The number of fused-ring (bicyclic) bond motifs is 1. The van der Waals surface area contributed by atoms with Crippen LogP contribution in [0.15, 0.2) is 18.2 Å². The van der Waals surface area contributed by atoms with Crippen LogP contribution >= 0.6 is 0 Å². The molecule has 1 aliphatic heterocycles. The van der Waals surface area contributed by atoms with Crippen LogP contribution < -0.4 is 10.1 Å². The van der Waals surface area contributed by atoms with Crippen LogP contribution in [0.1, 0.15) is 30.4 Å². The average molecular weight is 217 g/mol. The highest BCUT2D eigenvalue weighted by atomic mass is 16.5. The monoisotopic (exact) mass is 217 g/mol. The van der Waals surface area contributed by atoms with E-state index in [9.17, 15) is 0 Å². The zero-order valence-electron chi connectivity index (χ0n) is 9.83. The van der Waals surface area contributed by atoms with Gasteiger partial charge in [-0.05, 0) is 48.5 Å². The fourth-order valence-electron chi connectivity index (χ4n) is 2.65. The predicted molar refractivity (Wildman–Crippen MR) is 65.0 cm³/mol.